The van der Waals surface area contributed by atoms with Gasteiger partial charge in [-0.25, -0.2) is 9.37 Å². The number of H-pyrrole nitrogens is 2. The van der Waals surface area contributed by atoms with E-state index in [9.17, 15) is 4.39 Å². The van der Waals surface area contributed by atoms with Crippen molar-refractivity contribution in [2.24, 2.45) is 0 Å². The van der Waals surface area contributed by atoms with Gasteiger partial charge in [-0.1, -0.05) is 0 Å². The molecule has 0 amide bonds. The Labute approximate surface area is 183 Å². The number of imidazole rings is 1. The van der Waals surface area contributed by atoms with Crippen LogP contribution in [0.2, 0.25) is 0 Å². The van der Waals surface area contributed by atoms with Crippen LogP contribution in [0.25, 0.3) is 44.7 Å². The summed E-state index contributed by atoms with van der Waals surface area (Å²) in [5.41, 5.74) is 6.42. The zero-order chi connectivity index (χ0) is 21.7. The average Bonchev–Trinajstić information content (AvgIpc) is 3.42. The van der Waals surface area contributed by atoms with Crippen LogP contribution < -0.4 is 5.32 Å². The molecule has 5 aromatic rings. The molecule has 8 heteroatoms. The summed E-state index contributed by atoms with van der Waals surface area (Å²) < 4.78 is 14.0. The second kappa shape index (κ2) is 7.49. The number of piperidine rings is 1. The van der Waals surface area contributed by atoms with E-state index < -0.39 is 0 Å². The van der Waals surface area contributed by atoms with Crippen LogP contribution in [-0.4, -0.2) is 43.2 Å². The monoisotopic (exact) mass is 427 g/mol. The van der Waals surface area contributed by atoms with Crippen LogP contribution in [0.3, 0.4) is 0 Å². The quantitative estimate of drug-likeness (QED) is 0.395. The van der Waals surface area contributed by atoms with E-state index in [1.54, 1.807) is 6.20 Å². The number of aromatic nitrogens is 6. The van der Waals surface area contributed by atoms with Crippen LogP contribution in [0.1, 0.15) is 30.0 Å². The molecule has 160 valence electrons. The van der Waals surface area contributed by atoms with Crippen molar-refractivity contribution in [3.05, 3.63) is 59.8 Å². The van der Waals surface area contributed by atoms with Gasteiger partial charge in [0.1, 0.15) is 17.0 Å². The van der Waals surface area contributed by atoms with Gasteiger partial charge in [0.25, 0.3) is 0 Å². The molecule has 1 aromatic carbocycles. The highest BCUT2D eigenvalue weighted by atomic mass is 19.1. The van der Waals surface area contributed by atoms with E-state index in [1.165, 1.54) is 12.1 Å². The highest BCUT2D eigenvalue weighted by Gasteiger charge is 2.20. The second-order valence-electron chi connectivity index (χ2n) is 8.41. The minimum Gasteiger partial charge on any atom is -0.336 e. The van der Waals surface area contributed by atoms with Crippen molar-refractivity contribution < 1.29 is 4.39 Å². The Balaban J connectivity index is 1.47. The maximum absolute atomic E-state index is 14.0. The lowest BCUT2D eigenvalue weighted by Crippen LogP contribution is -2.27. The summed E-state index contributed by atoms with van der Waals surface area (Å²) in [6, 6.07) is 8.92. The molecule has 3 N–H and O–H groups in total. The van der Waals surface area contributed by atoms with Crippen molar-refractivity contribution >= 4 is 21.9 Å². The van der Waals surface area contributed by atoms with Crippen molar-refractivity contribution in [3.63, 3.8) is 0 Å². The summed E-state index contributed by atoms with van der Waals surface area (Å²) in [5.74, 6) is 0.813. The SMILES string of the molecule is Cc1cc(F)cc(-c2nccc3[nH]c(-c4n[nH]c5cnc(C6CCNCC6)cc45)nc23)c1. The smallest absolute Gasteiger partial charge is 0.159 e. The van der Waals surface area contributed by atoms with Gasteiger partial charge in [-0.3, -0.25) is 15.1 Å². The molecule has 1 saturated heterocycles. The summed E-state index contributed by atoms with van der Waals surface area (Å²) in [6.45, 7) is 3.90. The number of aromatic amines is 2. The summed E-state index contributed by atoms with van der Waals surface area (Å²) in [7, 11) is 0. The lowest BCUT2D eigenvalue weighted by atomic mass is 9.93. The number of benzene rings is 1. The fourth-order valence-electron chi connectivity index (χ4n) is 4.59. The van der Waals surface area contributed by atoms with Crippen molar-refractivity contribution in [1.29, 1.82) is 0 Å². The standard InChI is InChI=1S/C24H22FN7/c1-13-8-15(10-16(25)9-13)21-23-18(4-7-27-21)29-24(30-23)22-17-11-19(14-2-5-26-6-3-14)28-12-20(17)31-32-22/h4,7-12,14,26H,2-3,5-6H2,1H3,(H,29,30)(H,31,32). The predicted octanol–water partition coefficient (Wildman–Crippen LogP) is 4.48. The largest absolute Gasteiger partial charge is 0.336 e. The Hall–Kier alpha value is -3.65. The number of nitrogens with zero attached hydrogens (tertiary/aromatic N) is 4. The molecule has 0 spiro atoms. The molecule has 0 radical (unpaired) electrons. The van der Waals surface area contributed by atoms with Crippen molar-refractivity contribution in [2.75, 3.05) is 13.1 Å². The number of hydrogen-bond donors (Lipinski definition) is 3. The third-order valence-electron chi connectivity index (χ3n) is 6.17. The first-order valence-electron chi connectivity index (χ1n) is 10.8. The van der Waals surface area contributed by atoms with Crippen LogP contribution in [0.15, 0.2) is 42.7 Å². The summed E-state index contributed by atoms with van der Waals surface area (Å²) in [5, 5.41) is 12.0. The Morgan fingerprint density at radius 2 is 1.88 bits per heavy atom. The number of hydrogen-bond acceptors (Lipinski definition) is 5. The van der Waals surface area contributed by atoms with Crippen LogP contribution in [0.4, 0.5) is 4.39 Å². The molecule has 0 aliphatic carbocycles. The molecule has 32 heavy (non-hydrogen) atoms. The molecule has 0 saturated carbocycles. The van der Waals surface area contributed by atoms with Gasteiger partial charge in [0.05, 0.1) is 22.9 Å². The van der Waals surface area contributed by atoms with Gasteiger partial charge in [0.2, 0.25) is 0 Å². The van der Waals surface area contributed by atoms with Gasteiger partial charge in [0.15, 0.2) is 5.82 Å². The lowest BCUT2D eigenvalue weighted by molar-refractivity contribution is 0.453. The van der Waals surface area contributed by atoms with Gasteiger partial charge in [-0.2, -0.15) is 5.10 Å². The molecular weight excluding hydrogens is 405 g/mol. The Kier molecular flexibility index (Phi) is 4.46. The number of pyridine rings is 2. The number of aryl methyl sites for hydroxylation is 1. The zero-order valence-electron chi connectivity index (χ0n) is 17.6. The van der Waals surface area contributed by atoms with Gasteiger partial charge in [-0.05, 0) is 68.8 Å². The van der Waals surface area contributed by atoms with Crippen molar-refractivity contribution in [3.8, 4) is 22.8 Å². The van der Waals surface area contributed by atoms with Crippen LogP contribution in [0.5, 0.6) is 0 Å². The fraction of sp³-hybridized carbons (Fsp3) is 0.250. The Morgan fingerprint density at radius 1 is 1.00 bits per heavy atom. The van der Waals surface area contributed by atoms with Crippen LogP contribution >= 0.6 is 0 Å². The molecule has 0 unspecified atom stereocenters. The highest BCUT2D eigenvalue weighted by molar-refractivity contribution is 5.95. The van der Waals surface area contributed by atoms with Gasteiger partial charge >= 0.3 is 0 Å². The highest BCUT2D eigenvalue weighted by Crippen LogP contribution is 2.32. The van der Waals surface area contributed by atoms with E-state index in [0.717, 1.165) is 59.3 Å². The van der Waals surface area contributed by atoms with E-state index >= 15 is 0 Å². The average molecular weight is 427 g/mol. The third kappa shape index (κ3) is 3.23. The number of nitrogens with one attached hydrogen (secondary N) is 3. The first kappa shape index (κ1) is 19.1. The summed E-state index contributed by atoms with van der Waals surface area (Å²) in [6.07, 6.45) is 5.73. The molecular formula is C24H22FN7. The second-order valence-corrected chi connectivity index (χ2v) is 8.41. The van der Waals surface area contributed by atoms with Gasteiger partial charge < -0.3 is 10.3 Å². The van der Waals surface area contributed by atoms with E-state index in [-0.39, 0.29) is 5.82 Å². The van der Waals surface area contributed by atoms with Crippen molar-refractivity contribution in [2.45, 2.75) is 25.7 Å². The normalized spacial score (nSPS) is 15.1. The lowest BCUT2D eigenvalue weighted by Gasteiger charge is -2.21. The molecule has 7 nitrogen and oxygen atoms in total. The minimum atomic E-state index is -0.286. The molecule has 5 heterocycles. The van der Waals surface area contributed by atoms with Crippen LogP contribution in [0, 0.1) is 12.7 Å². The first-order chi connectivity index (χ1) is 15.7. The molecule has 6 rings (SSSR count). The van der Waals surface area contributed by atoms with E-state index in [1.807, 2.05) is 25.3 Å². The van der Waals surface area contributed by atoms with Gasteiger partial charge in [0, 0.05) is 28.8 Å². The summed E-state index contributed by atoms with van der Waals surface area (Å²) in [4.78, 5) is 17.4. The maximum atomic E-state index is 14.0. The Morgan fingerprint density at radius 3 is 2.72 bits per heavy atom. The van der Waals surface area contributed by atoms with E-state index in [0.29, 0.717) is 28.5 Å². The Bertz CT molecular complexity index is 1430. The maximum Gasteiger partial charge on any atom is 0.159 e. The van der Waals surface area contributed by atoms with Crippen molar-refractivity contribution in [1.82, 2.24) is 35.5 Å². The number of halogens is 1. The van der Waals surface area contributed by atoms with Gasteiger partial charge in [-0.15, -0.1) is 0 Å². The number of fused-ring (bicyclic) bond motifs is 2. The topological polar surface area (TPSA) is 95.2 Å². The molecule has 1 aliphatic rings. The molecule has 1 aliphatic heterocycles. The molecule has 0 bridgehead atoms. The molecule has 1 fully saturated rings. The predicted molar refractivity (Wildman–Crippen MR) is 122 cm³/mol. The molecule has 4 aromatic heterocycles. The number of rotatable bonds is 3. The summed E-state index contributed by atoms with van der Waals surface area (Å²) >= 11 is 0. The van der Waals surface area contributed by atoms with E-state index in [2.05, 4.69) is 36.5 Å². The fourth-order valence-corrected chi connectivity index (χ4v) is 4.59. The van der Waals surface area contributed by atoms with Crippen LogP contribution in [-0.2, 0) is 0 Å². The third-order valence-corrected chi connectivity index (χ3v) is 6.17. The van der Waals surface area contributed by atoms with E-state index in [4.69, 9.17) is 4.98 Å². The molecule has 0 atom stereocenters. The minimum absolute atomic E-state index is 0.286. The first-order valence-corrected chi connectivity index (χ1v) is 10.8. The zero-order valence-corrected chi connectivity index (χ0v) is 17.6.